The molecule has 0 bridgehead atoms. The van der Waals surface area contributed by atoms with E-state index >= 15 is 0 Å². The van der Waals surface area contributed by atoms with E-state index in [9.17, 15) is 14.4 Å². The molecule has 1 fully saturated rings. The molecule has 4 amide bonds. The first-order valence-electron chi connectivity index (χ1n) is 9.51. The maximum absolute atomic E-state index is 12.9. The molecule has 1 atom stereocenters. The average molecular weight is 427 g/mol. The molecule has 2 aromatic rings. The minimum absolute atomic E-state index is 0.280. The van der Waals surface area contributed by atoms with Crippen molar-refractivity contribution in [1.82, 2.24) is 10.6 Å². The summed E-state index contributed by atoms with van der Waals surface area (Å²) >= 11 is 1.33. The van der Waals surface area contributed by atoms with Gasteiger partial charge in [-0.1, -0.05) is 12.1 Å². The summed E-state index contributed by atoms with van der Waals surface area (Å²) in [5.74, 6) is 0.890. The number of rotatable bonds is 5. The lowest BCUT2D eigenvalue weighted by Gasteiger charge is -2.20. The molecule has 0 spiro atoms. The Morgan fingerprint density at radius 1 is 1.13 bits per heavy atom. The van der Waals surface area contributed by atoms with Crippen LogP contribution in [-0.2, 0) is 4.79 Å². The number of hydrogen-bond donors (Lipinski definition) is 3. The van der Waals surface area contributed by atoms with Gasteiger partial charge in [-0.3, -0.25) is 14.9 Å². The summed E-state index contributed by atoms with van der Waals surface area (Å²) < 4.78 is 11.3. The van der Waals surface area contributed by atoms with Crippen molar-refractivity contribution in [2.75, 3.05) is 24.3 Å². The quantitative estimate of drug-likeness (QED) is 0.501. The van der Waals surface area contributed by atoms with Crippen molar-refractivity contribution in [3.8, 4) is 11.5 Å². The first kappa shape index (κ1) is 20.1. The van der Waals surface area contributed by atoms with Gasteiger partial charge in [-0.05, 0) is 31.2 Å². The van der Waals surface area contributed by atoms with Gasteiger partial charge in [0.1, 0.15) is 5.54 Å². The number of anilines is 1. The van der Waals surface area contributed by atoms with Crippen molar-refractivity contribution in [3.63, 3.8) is 0 Å². The molecule has 0 unspecified atom stereocenters. The van der Waals surface area contributed by atoms with Crippen molar-refractivity contribution in [1.29, 1.82) is 0 Å². The minimum atomic E-state index is -1.03. The summed E-state index contributed by atoms with van der Waals surface area (Å²) in [6, 6.07) is 11.9. The van der Waals surface area contributed by atoms with Gasteiger partial charge in [-0.2, -0.15) is 0 Å². The molecular formula is C21H21N3O5S. The Labute approximate surface area is 177 Å². The van der Waals surface area contributed by atoms with Crippen LogP contribution in [0, 0.1) is 0 Å². The third kappa shape index (κ3) is 4.20. The van der Waals surface area contributed by atoms with Crippen LogP contribution in [0.1, 0.15) is 23.7 Å². The zero-order valence-electron chi connectivity index (χ0n) is 16.3. The smallest absolute Gasteiger partial charge is 0.322 e. The van der Waals surface area contributed by atoms with Gasteiger partial charge in [0.25, 0.3) is 11.8 Å². The second-order valence-electron chi connectivity index (χ2n) is 7.19. The fraction of sp³-hybridized carbons (Fsp3) is 0.286. The van der Waals surface area contributed by atoms with Crippen LogP contribution >= 0.6 is 11.8 Å². The van der Waals surface area contributed by atoms with E-state index in [-0.39, 0.29) is 11.8 Å². The van der Waals surface area contributed by atoms with E-state index in [1.165, 1.54) is 11.8 Å². The molecule has 2 aliphatic rings. The summed E-state index contributed by atoms with van der Waals surface area (Å²) in [5.41, 5.74) is 0.0426. The Kier molecular flexibility index (Phi) is 5.54. The number of urea groups is 1. The second-order valence-corrected chi connectivity index (χ2v) is 8.21. The first-order chi connectivity index (χ1) is 14.4. The number of carbonyl (C=O) groups is 3. The predicted octanol–water partition coefficient (Wildman–Crippen LogP) is 2.79. The molecule has 2 aromatic carbocycles. The van der Waals surface area contributed by atoms with Crippen LogP contribution in [0.3, 0.4) is 0 Å². The van der Waals surface area contributed by atoms with Crippen LogP contribution in [0.15, 0.2) is 47.4 Å². The van der Waals surface area contributed by atoms with Gasteiger partial charge in [-0.15, -0.1) is 11.8 Å². The Morgan fingerprint density at radius 2 is 1.90 bits per heavy atom. The molecule has 0 radical (unpaired) electrons. The molecule has 0 aliphatic carbocycles. The van der Waals surface area contributed by atoms with Crippen LogP contribution in [0.4, 0.5) is 10.5 Å². The van der Waals surface area contributed by atoms with E-state index in [2.05, 4.69) is 16.0 Å². The van der Waals surface area contributed by atoms with Gasteiger partial charge >= 0.3 is 6.03 Å². The maximum atomic E-state index is 12.9. The number of carbonyl (C=O) groups excluding carboxylic acids is 3. The topological polar surface area (TPSA) is 106 Å². The zero-order valence-corrected chi connectivity index (χ0v) is 17.1. The number of nitrogens with one attached hydrogen (secondary N) is 3. The highest BCUT2D eigenvalue weighted by Gasteiger charge is 2.41. The van der Waals surface area contributed by atoms with E-state index in [0.717, 1.165) is 6.42 Å². The minimum Gasteiger partial charge on any atom is -0.490 e. The Balaban J connectivity index is 1.48. The Hall–Kier alpha value is -3.20. The molecule has 0 saturated carbocycles. The van der Waals surface area contributed by atoms with Crippen LogP contribution in [0.5, 0.6) is 11.5 Å². The van der Waals surface area contributed by atoms with E-state index in [4.69, 9.17) is 9.47 Å². The van der Waals surface area contributed by atoms with Crippen molar-refractivity contribution < 1.29 is 23.9 Å². The van der Waals surface area contributed by atoms with E-state index < -0.39 is 11.6 Å². The van der Waals surface area contributed by atoms with Gasteiger partial charge in [0.15, 0.2) is 11.5 Å². The van der Waals surface area contributed by atoms with Gasteiger partial charge < -0.3 is 20.1 Å². The molecule has 3 N–H and O–H groups in total. The average Bonchev–Trinajstić information content (AvgIpc) is 2.88. The molecular weight excluding hydrogens is 406 g/mol. The van der Waals surface area contributed by atoms with E-state index in [1.54, 1.807) is 37.3 Å². The number of amides is 4. The Bertz CT molecular complexity index is 1010. The standard InChI is InChI=1S/C21H21N3O5S/c1-21(19(26)23-20(27)24-21)12-30-17-6-3-2-5-14(17)18(25)22-13-7-8-15-16(11-13)29-10-4-9-28-15/h2-3,5-8,11H,4,9-10,12H2,1H3,(H,22,25)(H2,23,24,26,27)/t21-/m0/s1. The molecule has 156 valence electrons. The number of thioether (sulfide) groups is 1. The maximum Gasteiger partial charge on any atom is 0.322 e. The van der Waals surface area contributed by atoms with Crippen molar-refractivity contribution in [2.45, 2.75) is 23.8 Å². The molecule has 9 heteroatoms. The fourth-order valence-electron chi connectivity index (χ4n) is 3.12. The number of hydrogen-bond acceptors (Lipinski definition) is 6. The second kappa shape index (κ2) is 8.27. The predicted molar refractivity (Wildman–Crippen MR) is 112 cm³/mol. The number of fused-ring (bicyclic) bond motifs is 1. The molecule has 2 aliphatic heterocycles. The van der Waals surface area contributed by atoms with Crippen LogP contribution in [0.25, 0.3) is 0 Å². The highest BCUT2D eigenvalue weighted by Crippen LogP contribution is 2.33. The SMILES string of the molecule is C[C@@]1(CSc2ccccc2C(=O)Nc2ccc3c(c2)OCCCO3)NC(=O)NC1=O. The van der Waals surface area contributed by atoms with Gasteiger partial charge in [0, 0.05) is 28.8 Å². The van der Waals surface area contributed by atoms with Crippen LogP contribution in [-0.4, -0.2) is 42.4 Å². The van der Waals surface area contributed by atoms with Crippen molar-refractivity contribution >= 4 is 35.3 Å². The third-order valence-corrected chi connectivity index (χ3v) is 6.16. The zero-order chi connectivity index (χ0) is 21.1. The number of ether oxygens (including phenoxy) is 2. The van der Waals surface area contributed by atoms with E-state index in [1.807, 2.05) is 12.1 Å². The summed E-state index contributed by atoms with van der Waals surface area (Å²) in [6.45, 7) is 2.81. The fourth-order valence-corrected chi connectivity index (χ4v) is 4.26. The molecule has 8 nitrogen and oxygen atoms in total. The lowest BCUT2D eigenvalue weighted by molar-refractivity contribution is -0.122. The lowest BCUT2D eigenvalue weighted by Crippen LogP contribution is -2.46. The highest BCUT2D eigenvalue weighted by molar-refractivity contribution is 7.99. The highest BCUT2D eigenvalue weighted by atomic mass is 32.2. The van der Waals surface area contributed by atoms with Gasteiger partial charge in [0.2, 0.25) is 0 Å². The van der Waals surface area contributed by atoms with Crippen molar-refractivity contribution in [2.24, 2.45) is 0 Å². The summed E-state index contributed by atoms with van der Waals surface area (Å²) in [5, 5.41) is 7.75. The monoisotopic (exact) mass is 427 g/mol. The molecule has 2 heterocycles. The Morgan fingerprint density at radius 3 is 2.67 bits per heavy atom. The molecule has 0 aromatic heterocycles. The lowest BCUT2D eigenvalue weighted by atomic mass is 10.1. The summed E-state index contributed by atoms with van der Waals surface area (Å²) in [7, 11) is 0. The number of imide groups is 1. The normalized spacial score (nSPS) is 20.2. The van der Waals surface area contributed by atoms with Crippen LogP contribution in [0.2, 0.25) is 0 Å². The molecule has 1 saturated heterocycles. The third-order valence-electron chi connectivity index (χ3n) is 4.77. The largest absolute Gasteiger partial charge is 0.490 e. The summed E-state index contributed by atoms with van der Waals surface area (Å²) in [4.78, 5) is 37.1. The van der Waals surface area contributed by atoms with E-state index in [0.29, 0.717) is 46.6 Å². The molecule has 4 rings (SSSR count). The van der Waals surface area contributed by atoms with Crippen LogP contribution < -0.4 is 25.4 Å². The molecule has 30 heavy (non-hydrogen) atoms. The summed E-state index contributed by atoms with van der Waals surface area (Å²) in [6.07, 6.45) is 0.804. The van der Waals surface area contributed by atoms with Gasteiger partial charge in [-0.25, -0.2) is 4.79 Å². The van der Waals surface area contributed by atoms with Crippen molar-refractivity contribution in [3.05, 3.63) is 48.0 Å². The number of benzene rings is 2. The first-order valence-corrected chi connectivity index (χ1v) is 10.5. The van der Waals surface area contributed by atoms with Gasteiger partial charge in [0.05, 0.1) is 18.8 Å².